The van der Waals surface area contributed by atoms with Gasteiger partial charge in [0.15, 0.2) is 0 Å². The molecular weight excluding hydrogens is 300 g/mol. The van der Waals surface area contributed by atoms with Crippen LogP contribution in [0.3, 0.4) is 0 Å². The SMILES string of the molecule is CCn1cc(N(CC(C)C)C(=O)Cn2cc([N+](=O)[O-])cn2)cn1. The average Bonchev–Trinajstić information content (AvgIpc) is 3.13. The van der Waals surface area contributed by atoms with E-state index >= 15 is 0 Å². The third-order valence-corrected chi connectivity index (χ3v) is 3.23. The van der Waals surface area contributed by atoms with Crippen molar-refractivity contribution in [2.75, 3.05) is 11.4 Å². The maximum absolute atomic E-state index is 12.6. The summed E-state index contributed by atoms with van der Waals surface area (Å²) in [6.07, 6.45) is 5.84. The highest BCUT2D eigenvalue weighted by Gasteiger charge is 2.20. The highest BCUT2D eigenvalue weighted by Crippen LogP contribution is 2.16. The first kappa shape index (κ1) is 16.7. The van der Waals surface area contributed by atoms with E-state index in [2.05, 4.69) is 10.2 Å². The molecule has 1 amide bonds. The highest BCUT2D eigenvalue weighted by atomic mass is 16.6. The number of hydrogen-bond acceptors (Lipinski definition) is 5. The van der Waals surface area contributed by atoms with Crippen LogP contribution in [0.4, 0.5) is 11.4 Å². The predicted octanol–water partition coefficient (Wildman–Crippen LogP) is 1.70. The molecule has 0 aliphatic heterocycles. The summed E-state index contributed by atoms with van der Waals surface area (Å²) in [6.45, 7) is 7.20. The quantitative estimate of drug-likeness (QED) is 0.571. The van der Waals surface area contributed by atoms with Crippen molar-refractivity contribution in [1.82, 2.24) is 19.6 Å². The molecule has 23 heavy (non-hydrogen) atoms. The molecule has 0 aromatic carbocycles. The van der Waals surface area contributed by atoms with Gasteiger partial charge in [-0.2, -0.15) is 10.2 Å². The van der Waals surface area contributed by atoms with Gasteiger partial charge in [-0.25, -0.2) is 0 Å². The smallest absolute Gasteiger partial charge is 0.307 e. The van der Waals surface area contributed by atoms with E-state index < -0.39 is 4.92 Å². The second kappa shape index (κ2) is 7.03. The van der Waals surface area contributed by atoms with Crippen molar-refractivity contribution < 1.29 is 9.72 Å². The lowest BCUT2D eigenvalue weighted by Crippen LogP contribution is -2.36. The lowest BCUT2D eigenvalue weighted by Gasteiger charge is -2.23. The fourth-order valence-electron chi connectivity index (χ4n) is 2.14. The monoisotopic (exact) mass is 320 g/mol. The van der Waals surface area contributed by atoms with Crippen LogP contribution in [0.15, 0.2) is 24.8 Å². The molecule has 0 atom stereocenters. The number of nitrogens with zero attached hydrogens (tertiary/aromatic N) is 6. The third kappa shape index (κ3) is 4.15. The molecule has 0 N–H and O–H groups in total. The van der Waals surface area contributed by atoms with Crippen molar-refractivity contribution >= 4 is 17.3 Å². The third-order valence-electron chi connectivity index (χ3n) is 3.23. The zero-order chi connectivity index (χ0) is 17.0. The van der Waals surface area contributed by atoms with E-state index in [1.165, 1.54) is 10.9 Å². The molecule has 2 aromatic rings. The first-order valence-electron chi connectivity index (χ1n) is 7.40. The lowest BCUT2D eigenvalue weighted by molar-refractivity contribution is -0.385. The van der Waals surface area contributed by atoms with Crippen LogP contribution in [0.25, 0.3) is 0 Å². The molecule has 124 valence electrons. The molecular formula is C14H20N6O3. The normalized spacial score (nSPS) is 11.0. The van der Waals surface area contributed by atoms with Gasteiger partial charge in [0.25, 0.3) is 0 Å². The van der Waals surface area contributed by atoms with E-state index in [1.54, 1.807) is 15.8 Å². The number of aryl methyl sites for hydroxylation is 1. The maximum atomic E-state index is 12.6. The Labute approximate surface area is 133 Å². The van der Waals surface area contributed by atoms with E-state index in [4.69, 9.17) is 0 Å². The van der Waals surface area contributed by atoms with Gasteiger partial charge in [-0.3, -0.25) is 24.3 Å². The number of anilines is 1. The number of nitro groups is 1. The minimum atomic E-state index is -0.537. The Morgan fingerprint density at radius 1 is 1.30 bits per heavy atom. The number of hydrogen-bond donors (Lipinski definition) is 0. The Balaban J connectivity index is 2.16. The Bertz CT molecular complexity index is 690. The zero-order valence-electron chi connectivity index (χ0n) is 13.4. The fraction of sp³-hybridized carbons (Fsp3) is 0.500. The number of carbonyl (C=O) groups is 1. The molecule has 0 fully saturated rings. The summed E-state index contributed by atoms with van der Waals surface area (Å²) in [5.41, 5.74) is 0.583. The van der Waals surface area contributed by atoms with Crippen LogP contribution in [0.5, 0.6) is 0 Å². The molecule has 0 saturated carbocycles. The summed E-state index contributed by atoms with van der Waals surface area (Å²) in [6, 6.07) is 0. The van der Waals surface area contributed by atoms with Gasteiger partial charge in [-0.15, -0.1) is 0 Å². The van der Waals surface area contributed by atoms with Crippen molar-refractivity contribution in [3.8, 4) is 0 Å². The second-order valence-electron chi connectivity index (χ2n) is 5.61. The largest absolute Gasteiger partial charge is 0.308 e. The minimum absolute atomic E-state index is 0.0577. The summed E-state index contributed by atoms with van der Waals surface area (Å²) >= 11 is 0. The Kier molecular flexibility index (Phi) is 5.09. The molecule has 0 aliphatic rings. The van der Waals surface area contributed by atoms with Crippen LogP contribution in [0.1, 0.15) is 20.8 Å². The molecule has 0 aliphatic carbocycles. The summed E-state index contributed by atoms with van der Waals surface area (Å²) in [5.74, 6) is 0.0863. The van der Waals surface area contributed by atoms with Crippen LogP contribution in [0.2, 0.25) is 0 Å². The molecule has 9 heteroatoms. The Morgan fingerprint density at radius 3 is 2.52 bits per heavy atom. The number of carbonyl (C=O) groups excluding carboxylic acids is 1. The minimum Gasteiger partial charge on any atom is -0.308 e. The van der Waals surface area contributed by atoms with Crippen LogP contribution >= 0.6 is 0 Å². The van der Waals surface area contributed by atoms with Gasteiger partial charge in [0.05, 0.1) is 16.8 Å². The van der Waals surface area contributed by atoms with E-state index in [0.717, 1.165) is 12.7 Å². The van der Waals surface area contributed by atoms with Gasteiger partial charge in [-0.05, 0) is 12.8 Å². The van der Waals surface area contributed by atoms with E-state index in [9.17, 15) is 14.9 Å². The van der Waals surface area contributed by atoms with Crippen LogP contribution in [-0.4, -0.2) is 36.9 Å². The van der Waals surface area contributed by atoms with Crippen molar-refractivity contribution in [3.05, 3.63) is 34.9 Å². The molecule has 2 heterocycles. The second-order valence-corrected chi connectivity index (χ2v) is 5.61. The number of aromatic nitrogens is 4. The van der Waals surface area contributed by atoms with E-state index in [0.29, 0.717) is 12.2 Å². The van der Waals surface area contributed by atoms with Crippen molar-refractivity contribution in [3.63, 3.8) is 0 Å². The molecule has 2 aromatic heterocycles. The van der Waals surface area contributed by atoms with Gasteiger partial charge in [0.1, 0.15) is 18.9 Å². The Hall–Kier alpha value is -2.71. The van der Waals surface area contributed by atoms with Gasteiger partial charge < -0.3 is 4.90 Å². The van der Waals surface area contributed by atoms with Crippen LogP contribution in [-0.2, 0) is 17.9 Å². The average molecular weight is 320 g/mol. The summed E-state index contributed by atoms with van der Waals surface area (Å²) in [5, 5.41) is 18.7. The van der Waals surface area contributed by atoms with E-state index in [1.807, 2.05) is 27.0 Å². The standard InChI is InChI=1S/C14H20N6O3/c1-4-17-8-12(5-15-17)19(7-11(2)3)14(21)10-18-9-13(6-16-18)20(22)23/h5-6,8-9,11H,4,7,10H2,1-3H3. The molecule has 0 radical (unpaired) electrons. The van der Waals surface area contributed by atoms with Crippen LogP contribution in [0, 0.1) is 16.0 Å². The van der Waals surface area contributed by atoms with Crippen molar-refractivity contribution in [1.29, 1.82) is 0 Å². The topological polar surface area (TPSA) is 99.1 Å². The predicted molar refractivity (Wildman–Crippen MR) is 84.0 cm³/mol. The first-order valence-corrected chi connectivity index (χ1v) is 7.40. The van der Waals surface area contributed by atoms with Gasteiger partial charge in [0, 0.05) is 19.3 Å². The Morgan fingerprint density at radius 2 is 2.00 bits per heavy atom. The van der Waals surface area contributed by atoms with Gasteiger partial charge >= 0.3 is 5.69 Å². The number of rotatable bonds is 7. The van der Waals surface area contributed by atoms with E-state index in [-0.39, 0.29) is 24.1 Å². The molecule has 2 rings (SSSR count). The number of amides is 1. The van der Waals surface area contributed by atoms with Crippen molar-refractivity contribution in [2.24, 2.45) is 5.92 Å². The highest BCUT2D eigenvalue weighted by molar-refractivity contribution is 5.92. The van der Waals surface area contributed by atoms with Crippen molar-refractivity contribution in [2.45, 2.75) is 33.9 Å². The maximum Gasteiger partial charge on any atom is 0.307 e. The van der Waals surface area contributed by atoms with Gasteiger partial charge in [0.2, 0.25) is 5.91 Å². The van der Waals surface area contributed by atoms with Gasteiger partial charge in [-0.1, -0.05) is 13.8 Å². The summed E-state index contributed by atoms with van der Waals surface area (Å²) in [4.78, 5) is 24.4. The molecule has 0 saturated heterocycles. The van der Waals surface area contributed by atoms with Crippen LogP contribution < -0.4 is 4.90 Å². The zero-order valence-corrected chi connectivity index (χ0v) is 13.4. The lowest BCUT2D eigenvalue weighted by atomic mass is 10.2. The first-order chi connectivity index (χ1) is 10.9. The molecule has 9 nitrogen and oxygen atoms in total. The molecule has 0 spiro atoms. The summed E-state index contributed by atoms with van der Waals surface area (Å²) in [7, 11) is 0. The molecule has 0 unspecified atom stereocenters. The fourth-order valence-corrected chi connectivity index (χ4v) is 2.14. The summed E-state index contributed by atoms with van der Waals surface area (Å²) < 4.78 is 3.02. The molecule has 0 bridgehead atoms.